The Labute approximate surface area is 125 Å². The zero-order valence-electron chi connectivity index (χ0n) is 12.7. The summed E-state index contributed by atoms with van der Waals surface area (Å²) < 4.78 is 22.0. The van der Waals surface area contributed by atoms with Crippen molar-refractivity contribution in [1.82, 2.24) is 0 Å². The van der Waals surface area contributed by atoms with Gasteiger partial charge in [0.15, 0.2) is 11.9 Å². The van der Waals surface area contributed by atoms with Gasteiger partial charge in [0.1, 0.15) is 6.10 Å². The number of esters is 1. The number of hydrogen-bond donors (Lipinski definition) is 0. The van der Waals surface area contributed by atoms with Gasteiger partial charge in [-0.25, -0.2) is 4.79 Å². The van der Waals surface area contributed by atoms with Crippen molar-refractivity contribution in [3.05, 3.63) is 35.9 Å². The second-order valence-electron chi connectivity index (χ2n) is 5.34. The summed E-state index contributed by atoms with van der Waals surface area (Å²) in [6.07, 6.45) is -1.24. The molecule has 1 aliphatic rings. The van der Waals surface area contributed by atoms with Crippen LogP contribution in [0.1, 0.15) is 26.3 Å². The molecule has 1 heterocycles. The van der Waals surface area contributed by atoms with Crippen molar-refractivity contribution in [2.45, 2.75) is 45.4 Å². The van der Waals surface area contributed by atoms with Crippen LogP contribution in [0.25, 0.3) is 0 Å². The molecule has 5 nitrogen and oxygen atoms in total. The largest absolute Gasteiger partial charge is 0.464 e. The highest BCUT2D eigenvalue weighted by molar-refractivity contribution is 5.75. The molecule has 1 fully saturated rings. The highest BCUT2D eigenvalue weighted by Crippen LogP contribution is 2.26. The van der Waals surface area contributed by atoms with Crippen molar-refractivity contribution < 1.29 is 23.7 Å². The van der Waals surface area contributed by atoms with Crippen molar-refractivity contribution >= 4 is 5.97 Å². The summed E-state index contributed by atoms with van der Waals surface area (Å²) in [5.41, 5.74) is 0.991. The smallest absolute Gasteiger partial charge is 0.338 e. The van der Waals surface area contributed by atoms with Crippen LogP contribution in [0.15, 0.2) is 30.3 Å². The van der Waals surface area contributed by atoms with E-state index in [4.69, 9.17) is 18.9 Å². The molecule has 116 valence electrons. The first-order valence-electron chi connectivity index (χ1n) is 7.16. The van der Waals surface area contributed by atoms with Gasteiger partial charge in [0.2, 0.25) is 0 Å². The molecule has 1 aromatic carbocycles. The van der Waals surface area contributed by atoms with Gasteiger partial charge in [0.25, 0.3) is 0 Å². The molecule has 0 saturated carbocycles. The normalized spacial score (nSPS) is 22.0. The Morgan fingerprint density at radius 3 is 2.67 bits per heavy atom. The minimum absolute atomic E-state index is 0.307. The number of benzene rings is 1. The number of ether oxygens (including phenoxy) is 4. The summed E-state index contributed by atoms with van der Waals surface area (Å²) >= 11 is 0. The van der Waals surface area contributed by atoms with E-state index in [1.54, 1.807) is 6.92 Å². The molecule has 2 rings (SSSR count). The quantitative estimate of drug-likeness (QED) is 0.753. The van der Waals surface area contributed by atoms with E-state index in [-0.39, 0.29) is 0 Å². The van der Waals surface area contributed by atoms with Crippen LogP contribution >= 0.6 is 0 Å². The Hall–Kier alpha value is -1.43. The molecule has 0 unspecified atom stereocenters. The molecule has 0 N–H and O–H groups in total. The first-order valence-corrected chi connectivity index (χ1v) is 7.16. The average molecular weight is 294 g/mol. The van der Waals surface area contributed by atoms with E-state index in [9.17, 15) is 4.79 Å². The van der Waals surface area contributed by atoms with E-state index in [2.05, 4.69) is 0 Å². The van der Waals surface area contributed by atoms with Crippen LogP contribution in [0.2, 0.25) is 0 Å². The van der Waals surface area contributed by atoms with Gasteiger partial charge in [-0.15, -0.1) is 0 Å². The van der Waals surface area contributed by atoms with E-state index in [0.29, 0.717) is 19.8 Å². The van der Waals surface area contributed by atoms with Crippen molar-refractivity contribution in [2.24, 2.45) is 0 Å². The highest BCUT2D eigenvalue weighted by Gasteiger charge is 2.41. The van der Waals surface area contributed by atoms with Crippen molar-refractivity contribution in [1.29, 1.82) is 0 Å². The van der Waals surface area contributed by atoms with Gasteiger partial charge < -0.3 is 18.9 Å². The summed E-state index contributed by atoms with van der Waals surface area (Å²) in [6, 6.07) is 9.67. The monoisotopic (exact) mass is 294 g/mol. The SMILES string of the molecule is CCOC(=O)[C@@H](OCc1ccccc1)[C@@H]1COC(C)(C)O1. The van der Waals surface area contributed by atoms with Gasteiger partial charge in [-0.05, 0) is 26.3 Å². The molecule has 0 aromatic heterocycles. The summed E-state index contributed by atoms with van der Waals surface area (Å²) in [4.78, 5) is 12.1. The molecule has 1 saturated heterocycles. The van der Waals surface area contributed by atoms with Gasteiger partial charge in [0, 0.05) is 0 Å². The lowest BCUT2D eigenvalue weighted by atomic mass is 10.2. The molecule has 1 aliphatic heterocycles. The zero-order valence-corrected chi connectivity index (χ0v) is 12.7. The van der Waals surface area contributed by atoms with Gasteiger partial charge in [-0.2, -0.15) is 0 Å². The predicted octanol–water partition coefficient (Wildman–Crippen LogP) is 2.29. The van der Waals surface area contributed by atoms with Crippen LogP contribution < -0.4 is 0 Å². The fraction of sp³-hybridized carbons (Fsp3) is 0.562. The van der Waals surface area contributed by atoms with Gasteiger partial charge >= 0.3 is 5.97 Å². The first-order chi connectivity index (χ1) is 10.0. The lowest BCUT2D eigenvalue weighted by Gasteiger charge is -2.23. The van der Waals surface area contributed by atoms with Crippen molar-refractivity contribution in [2.75, 3.05) is 13.2 Å². The summed E-state index contributed by atoms with van der Waals surface area (Å²) in [7, 11) is 0. The summed E-state index contributed by atoms with van der Waals surface area (Å²) in [5.74, 6) is -1.12. The van der Waals surface area contributed by atoms with Gasteiger partial charge in [-0.3, -0.25) is 0 Å². The minimum atomic E-state index is -0.785. The summed E-state index contributed by atoms with van der Waals surface area (Å²) in [5, 5.41) is 0. The lowest BCUT2D eigenvalue weighted by Crippen LogP contribution is -2.40. The Bertz CT molecular complexity index is 457. The van der Waals surface area contributed by atoms with Gasteiger partial charge in [0.05, 0.1) is 19.8 Å². The molecular weight excluding hydrogens is 272 g/mol. The molecule has 0 aliphatic carbocycles. The van der Waals surface area contributed by atoms with E-state index >= 15 is 0 Å². The molecule has 5 heteroatoms. The Balaban J connectivity index is 2.01. The van der Waals surface area contributed by atoms with Crippen LogP contribution in [0, 0.1) is 0 Å². The number of rotatable bonds is 6. The maximum Gasteiger partial charge on any atom is 0.338 e. The third-order valence-electron chi connectivity index (χ3n) is 3.16. The third-order valence-corrected chi connectivity index (χ3v) is 3.16. The Kier molecular flexibility index (Phi) is 5.33. The van der Waals surface area contributed by atoms with Crippen LogP contribution in [0.4, 0.5) is 0 Å². The molecule has 1 aromatic rings. The van der Waals surface area contributed by atoms with Gasteiger partial charge in [-0.1, -0.05) is 30.3 Å². The zero-order chi connectivity index (χ0) is 15.3. The average Bonchev–Trinajstić information content (AvgIpc) is 2.81. The maximum atomic E-state index is 12.1. The second kappa shape index (κ2) is 7.02. The molecule has 2 atom stereocenters. The predicted molar refractivity (Wildman–Crippen MR) is 76.6 cm³/mol. The topological polar surface area (TPSA) is 54.0 Å². The standard InChI is InChI=1S/C16H22O5/c1-4-18-15(17)14(13-11-20-16(2,3)21-13)19-10-12-8-6-5-7-9-12/h5-9,13-14H,4,10-11H2,1-3H3/t13-,14-/m0/s1. The van der Waals surface area contributed by atoms with Crippen LogP contribution in [-0.2, 0) is 30.3 Å². The fourth-order valence-electron chi connectivity index (χ4n) is 2.18. The molecule has 21 heavy (non-hydrogen) atoms. The third kappa shape index (κ3) is 4.52. The van der Waals surface area contributed by atoms with Crippen molar-refractivity contribution in [3.63, 3.8) is 0 Å². The molecule has 0 radical (unpaired) electrons. The highest BCUT2D eigenvalue weighted by atomic mass is 16.8. The Morgan fingerprint density at radius 1 is 1.38 bits per heavy atom. The molecule has 0 amide bonds. The van der Waals surface area contributed by atoms with E-state index in [1.807, 2.05) is 44.2 Å². The number of carbonyl (C=O) groups is 1. The first kappa shape index (κ1) is 15.9. The molecular formula is C16H22O5. The van der Waals surface area contributed by atoms with Crippen LogP contribution in [0.3, 0.4) is 0 Å². The van der Waals surface area contributed by atoms with Crippen LogP contribution in [-0.4, -0.2) is 37.2 Å². The maximum absolute atomic E-state index is 12.1. The number of carbonyl (C=O) groups excluding carboxylic acids is 1. The number of hydrogen-bond acceptors (Lipinski definition) is 5. The lowest BCUT2D eigenvalue weighted by molar-refractivity contribution is -0.180. The second-order valence-corrected chi connectivity index (χ2v) is 5.34. The molecule has 0 bridgehead atoms. The molecule has 0 spiro atoms. The van der Waals surface area contributed by atoms with E-state index < -0.39 is 24.0 Å². The van der Waals surface area contributed by atoms with Crippen molar-refractivity contribution in [3.8, 4) is 0 Å². The van der Waals surface area contributed by atoms with E-state index in [0.717, 1.165) is 5.56 Å². The Morgan fingerprint density at radius 2 is 2.10 bits per heavy atom. The summed E-state index contributed by atoms with van der Waals surface area (Å²) in [6.45, 7) is 6.33. The van der Waals surface area contributed by atoms with E-state index in [1.165, 1.54) is 0 Å². The minimum Gasteiger partial charge on any atom is -0.464 e. The van der Waals surface area contributed by atoms with Crippen LogP contribution in [0.5, 0.6) is 0 Å². The fourth-order valence-corrected chi connectivity index (χ4v) is 2.18.